The number of rotatable bonds is 4. The maximum absolute atomic E-state index is 12.5. The molecule has 0 fully saturated rings. The van der Waals surface area contributed by atoms with E-state index < -0.39 is 0 Å². The monoisotopic (exact) mass is 392 g/mol. The Hall–Kier alpha value is -2.19. The fourth-order valence-electron chi connectivity index (χ4n) is 2.17. The van der Waals surface area contributed by atoms with E-state index in [1.54, 1.807) is 29.6 Å². The Balaban J connectivity index is 1.90. The van der Waals surface area contributed by atoms with Gasteiger partial charge in [0.25, 0.3) is 11.5 Å². The van der Waals surface area contributed by atoms with Crippen molar-refractivity contribution in [1.82, 2.24) is 15.0 Å². The van der Waals surface area contributed by atoms with Crippen LogP contribution >= 0.6 is 27.3 Å². The number of thiophene rings is 1. The zero-order chi connectivity index (χ0) is 16.4. The molecule has 6 nitrogen and oxygen atoms in total. The van der Waals surface area contributed by atoms with Gasteiger partial charge < -0.3 is 0 Å². The van der Waals surface area contributed by atoms with E-state index >= 15 is 0 Å². The van der Waals surface area contributed by atoms with Crippen LogP contribution in [-0.4, -0.2) is 15.5 Å². The fraction of sp³-hybridized carbons (Fsp3) is 0.133. The minimum absolute atomic E-state index is 0.145. The first kappa shape index (κ1) is 15.7. The van der Waals surface area contributed by atoms with E-state index in [2.05, 4.69) is 31.8 Å². The van der Waals surface area contributed by atoms with Crippen LogP contribution in [0.1, 0.15) is 17.3 Å². The van der Waals surface area contributed by atoms with Crippen molar-refractivity contribution in [1.29, 1.82) is 0 Å². The van der Waals surface area contributed by atoms with Crippen LogP contribution in [0.25, 0.3) is 10.9 Å². The first-order valence-corrected chi connectivity index (χ1v) is 8.57. The van der Waals surface area contributed by atoms with Gasteiger partial charge in [0.05, 0.1) is 20.3 Å². The molecular formula is C15H13BrN4O2S. The van der Waals surface area contributed by atoms with Crippen molar-refractivity contribution in [2.75, 3.05) is 5.43 Å². The van der Waals surface area contributed by atoms with Crippen LogP contribution in [0.15, 0.2) is 44.3 Å². The van der Waals surface area contributed by atoms with Gasteiger partial charge in [-0.1, -0.05) is 12.1 Å². The summed E-state index contributed by atoms with van der Waals surface area (Å²) in [7, 11) is 0. The van der Waals surface area contributed by atoms with E-state index in [9.17, 15) is 9.59 Å². The minimum Gasteiger partial charge on any atom is -0.277 e. The van der Waals surface area contributed by atoms with E-state index in [0.717, 1.165) is 3.79 Å². The first-order valence-electron chi connectivity index (χ1n) is 6.90. The lowest BCUT2D eigenvalue weighted by molar-refractivity contribution is 0.0962. The quantitative estimate of drug-likeness (QED) is 0.669. The molecule has 2 N–H and O–H groups in total. The maximum Gasteiger partial charge on any atom is 0.270 e. The summed E-state index contributed by atoms with van der Waals surface area (Å²) in [6.45, 7) is 2.29. The largest absolute Gasteiger partial charge is 0.277 e. The van der Waals surface area contributed by atoms with Crippen molar-refractivity contribution in [3.8, 4) is 0 Å². The second-order valence-corrected chi connectivity index (χ2v) is 7.01. The summed E-state index contributed by atoms with van der Waals surface area (Å²) in [4.78, 5) is 28.9. The van der Waals surface area contributed by atoms with Crippen LogP contribution in [-0.2, 0) is 6.54 Å². The van der Waals surface area contributed by atoms with Crippen LogP contribution in [0.3, 0.4) is 0 Å². The molecule has 0 saturated heterocycles. The Bertz CT molecular complexity index is 935. The molecule has 0 aliphatic carbocycles. The fourth-order valence-corrected chi connectivity index (χ4v) is 3.31. The average Bonchev–Trinajstić information content (AvgIpc) is 2.99. The van der Waals surface area contributed by atoms with Gasteiger partial charge in [-0.3, -0.25) is 25.0 Å². The zero-order valence-electron chi connectivity index (χ0n) is 12.2. The highest BCUT2D eigenvalue weighted by Gasteiger charge is 2.12. The molecule has 0 unspecified atom stereocenters. The van der Waals surface area contributed by atoms with E-state index in [-0.39, 0.29) is 11.5 Å². The lowest BCUT2D eigenvalue weighted by Gasteiger charge is -2.13. The van der Waals surface area contributed by atoms with Gasteiger partial charge >= 0.3 is 0 Å². The standard InChI is InChI=1S/C15H13BrN4O2S/c1-2-20-14(22)10-5-3-4-6-11(10)17-15(20)19-18-13(21)9-7-12(16)23-8-9/h3-8H,2H2,1H3,(H,17,19)(H,18,21). The third kappa shape index (κ3) is 3.13. The summed E-state index contributed by atoms with van der Waals surface area (Å²) in [5.74, 6) is 0.0101. The second kappa shape index (κ2) is 6.51. The van der Waals surface area contributed by atoms with Crippen molar-refractivity contribution in [3.63, 3.8) is 0 Å². The van der Waals surface area contributed by atoms with Gasteiger partial charge in [0.1, 0.15) is 0 Å². The number of benzene rings is 1. The number of para-hydroxylation sites is 1. The number of hydrazine groups is 1. The summed E-state index contributed by atoms with van der Waals surface area (Å²) in [6.07, 6.45) is 0. The Labute approximate surface area is 144 Å². The number of carbonyl (C=O) groups is 1. The van der Waals surface area contributed by atoms with Crippen LogP contribution < -0.4 is 16.4 Å². The number of anilines is 1. The molecule has 2 heterocycles. The number of amides is 1. The Kier molecular flexibility index (Phi) is 4.44. The number of hydrogen-bond donors (Lipinski definition) is 2. The zero-order valence-corrected chi connectivity index (χ0v) is 14.6. The summed E-state index contributed by atoms with van der Waals surface area (Å²) >= 11 is 4.74. The first-order chi connectivity index (χ1) is 11.1. The van der Waals surface area contributed by atoms with Gasteiger partial charge in [0, 0.05) is 11.9 Å². The summed E-state index contributed by atoms with van der Waals surface area (Å²) < 4.78 is 2.35. The number of halogens is 1. The molecule has 0 aliphatic rings. The average molecular weight is 393 g/mol. The number of hydrogen-bond acceptors (Lipinski definition) is 5. The second-order valence-electron chi connectivity index (χ2n) is 4.72. The van der Waals surface area contributed by atoms with E-state index in [1.165, 1.54) is 15.9 Å². The highest BCUT2D eigenvalue weighted by molar-refractivity contribution is 9.11. The van der Waals surface area contributed by atoms with Gasteiger partial charge in [-0.25, -0.2) is 4.98 Å². The van der Waals surface area contributed by atoms with Gasteiger partial charge in [0.2, 0.25) is 5.95 Å². The number of fused-ring (bicyclic) bond motifs is 1. The lowest BCUT2D eigenvalue weighted by atomic mass is 10.2. The van der Waals surface area contributed by atoms with Gasteiger partial charge in [-0.2, -0.15) is 0 Å². The molecule has 0 aliphatic heterocycles. The Morgan fingerprint density at radius 1 is 1.39 bits per heavy atom. The molecule has 23 heavy (non-hydrogen) atoms. The molecule has 2 aromatic heterocycles. The number of nitrogens with zero attached hydrogens (tertiary/aromatic N) is 2. The smallest absolute Gasteiger partial charge is 0.270 e. The maximum atomic E-state index is 12.5. The predicted octanol–water partition coefficient (Wildman–Crippen LogP) is 3.00. The van der Waals surface area contributed by atoms with E-state index in [0.29, 0.717) is 29.0 Å². The van der Waals surface area contributed by atoms with Crippen LogP contribution in [0.4, 0.5) is 5.95 Å². The predicted molar refractivity (Wildman–Crippen MR) is 94.8 cm³/mol. The van der Waals surface area contributed by atoms with E-state index in [4.69, 9.17) is 0 Å². The topological polar surface area (TPSA) is 76.0 Å². The third-order valence-corrected chi connectivity index (χ3v) is 4.80. The highest BCUT2D eigenvalue weighted by atomic mass is 79.9. The third-order valence-electron chi connectivity index (χ3n) is 3.30. The summed E-state index contributed by atoms with van der Waals surface area (Å²) in [6, 6.07) is 8.84. The molecule has 1 aromatic carbocycles. The molecule has 3 aromatic rings. The molecule has 1 amide bonds. The summed E-state index contributed by atoms with van der Waals surface area (Å²) in [5, 5.41) is 2.29. The van der Waals surface area contributed by atoms with Crippen molar-refractivity contribution < 1.29 is 4.79 Å². The normalized spacial score (nSPS) is 10.7. The molecule has 8 heteroatoms. The Morgan fingerprint density at radius 3 is 2.87 bits per heavy atom. The Morgan fingerprint density at radius 2 is 2.17 bits per heavy atom. The molecule has 0 atom stereocenters. The number of nitrogens with one attached hydrogen (secondary N) is 2. The van der Waals surface area contributed by atoms with Gasteiger partial charge in [-0.05, 0) is 41.1 Å². The highest BCUT2D eigenvalue weighted by Crippen LogP contribution is 2.20. The molecule has 0 radical (unpaired) electrons. The molecule has 118 valence electrons. The lowest BCUT2D eigenvalue weighted by Crippen LogP contribution is -2.34. The van der Waals surface area contributed by atoms with Gasteiger partial charge in [-0.15, -0.1) is 11.3 Å². The molecule has 3 rings (SSSR count). The van der Waals surface area contributed by atoms with Gasteiger partial charge in [0.15, 0.2) is 0 Å². The SMILES string of the molecule is CCn1c(NNC(=O)c2csc(Br)c2)nc2ccccc2c1=O. The van der Waals surface area contributed by atoms with Crippen molar-refractivity contribution in [3.05, 3.63) is 55.4 Å². The van der Waals surface area contributed by atoms with Crippen molar-refractivity contribution in [2.45, 2.75) is 13.5 Å². The van der Waals surface area contributed by atoms with Crippen LogP contribution in [0.2, 0.25) is 0 Å². The molecule has 0 bridgehead atoms. The molecule has 0 spiro atoms. The summed E-state index contributed by atoms with van der Waals surface area (Å²) in [5.41, 5.74) is 6.28. The molecular weight excluding hydrogens is 380 g/mol. The molecule has 0 saturated carbocycles. The number of aromatic nitrogens is 2. The van der Waals surface area contributed by atoms with Crippen molar-refractivity contribution in [2.24, 2.45) is 0 Å². The van der Waals surface area contributed by atoms with Crippen LogP contribution in [0, 0.1) is 0 Å². The minimum atomic E-state index is -0.294. The van der Waals surface area contributed by atoms with Crippen LogP contribution in [0.5, 0.6) is 0 Å². The van der Waals surface area contributed by atoms with Crippen molar-refractivity contribution >= 4 is 50.0 Å². The number of carbonyl (C=O) groups excluding carboxylic acids is 1. The van der Waals surface area contributed by atoms with E-state index in [1.807, 2.05) is 13.0 Å².